The van der Waals surface area contributed by atoms with Gasteiger partial charge >= 0.3 is 11.7 Å². The molecule has 0 spiro atoms. The number of carboxylic acids is 1. The first-order valence-corrected chi connectivity index (χ1v) is 5.46. The highest BCUT2D eigenvalue weighted by atomic mass is 16.4. The summed E-state index contributed by atoms with van der Waals surface area (Å²) < 4.78 is 2.44. The number of aromatic nitrogens is 4. The van der Waals surface area contributed by atoms with Gasteiger partial charge in [-0.1, -0.05) is 0 Å². The second kappa shape index (κ2) is 4.69. The number of H-pyrrole nitrogens is 1. The number of fused-ring (bicyclic) bond motifs is 1. The van der Waals surface area contributed by atoms with Crippen LogP contribution in [0.3, 0.4) is 0 Å². The van der Waals surface area contributed by atoms with E-state index in [1.165, 1.54) is 11.6 Å². The van der Waals surface area contributed by atoms with Crippen LogP contribution in [0, 0.1) is 0 Å². The minimum atomic E-state index is -1.04. The van der Waals surface area contributed by atoms with E-state index in [-0.39, 0.29) is 30.0 Å². The van der Waals surface area contributed by atoms with E-state index in [0.29, 0.717) is 0 Å². The maximum Gasteiger partial charge on any atom is 0.329 e. The number of aryl methyl sites for hydroxylation is 2. The molecule has 9 heteroatoms. The number of aromatic amines is 1. The maximum atomic E-state index is 11.8. The molecule has 0 aliphatic carbocycles. The standard InChI is InChI=1S/C10H12N4O5/c1-13-8-7(9(18)12-10(13)19)14(3-2-6(16)17)5(4-15)11-8/h15H,2-4H2,1H3,(H,16,17)(H,12,18,19). The molecule has 0 saturated heterocycles. The van der Waals surface area contributed by atoms with Gasteiger partial charge in [0.2, 0.25) is 0 Å². The van der Waals surface area contributed by atoms with E-state index in [0.717, 1.165) is 4.57 Å². The van der Waals surface area contributed by atoms with Crippen molar-refractivity contribution >= 4 is 17.1 Å². The van der Waals surface area contributed by atoms with Crippen LogP contribution in [-0.2, 0) is 25.0 Å². The lowest BCUT2D eigenvalue weighted by atomic mass is 10.4. The molecule has 0 unspecified atom stereocenters. The summed E-state index contributed by atoms with van der Waals surface area (Å²) in [6, 6.07) is 0. The number of aliphatic hydroxyl groups is 1. The Morgan fingerprint density at radius 1 is 1.42 bits per heavy atom. The van der Waals surface area contributed by atoms with Gasteiger partial charge in [0.1, 0.15) is 12.4 Å². The number of imidazole rings is 1. The molecule has 0 radical (unpaired) electrons. The third-order valence-corrected chi connectivity index (χ3v) is 2.78. The van der Waals surface area contributed by atoms with Gasteiger partial charge in [-0.2, -0.15) is 0 Å². The number of hydrogen-bond acceptors (Lipinski definition) is 5. The zero-order chi connectivity index (χ0) is 14.2. The number of aliphatic carboxylic acids is 1. The summed E-state index contributed by atoms with van der Waals surface area (Å²) in [5.74, 6) is -0.894. The summed E-state index contributed by atoms with van der Waals surface area (Å²) in [7, 11) is 1.43. The van der Waals surface area contributed by atoms with Gasteiger partial charge in [0, 0.05) is 13.6 Å². The van der Waals surface area contributed by atoms with Gasteiger partial charge in [0.05, 0.1) is 6.42 Å². The van der Waals surface area contributed by atoms with E-state index in [1.807, 2.05) is 0 Å². The van der Waals surface area contributed by atoms with Crippen LogP contribution in [0.15, 0.2) is 9.59 Å². The lowest BCUT2D eigenvalue weighted by Crippen LogP contribution is -2.29. The van der Waals surface area contributed by atoms with Crippen molar-refractivity contribution < 1.29 is 15.0 Å². The molecule has 2 heterocycles. The zero-order valence-corrected chi connectivity index (χ0v) is 10.1. The van der Waals surface area contributed by atoms with E-state index in [2.05, 4.69) is 9.97 Å². The van der Waals surface area contributed by atoms with Crippen LogP contribution < -0.4 is 11.2 Å². The van der Waals surface area contributed by atoms with Crippen LogP contribution in [-0.4, -0.2) is 35.3 Å². The highest BCUT2D eigenvalue weighted by molar-refractivity contribution is 5.71. The molecule has 102 valence electrons. The second-order valence-corrected chi connectivity index (χ2v) is 3.97. The van der Waals surface area contributed by atoms with Crippen molar-refractivity contribution in [3.05, 3.63) is 26.7 Å². The largest absolute Gasteiger partial charge is 0.481 e. The lowest BCUT2D eigenvalue weighted by molar-refractivity contribution is -0.137. The number of nitrogens with zero attached hydrogens (tertiary/aromatic N) is 3. The summed E-state index contributed by atoms with van der Waals surface area (Å²) in [5.41, 5.74) is -1.09. The molecule has 2 aromatic heterocycles. The van der Waals surface area contributed by atoms with E-state index >= 15 is 0 Å². The molecule has 19 heavy (non-hydrogen) atoms. The fourth-order valence-electron chi connectivity index (χ4n) is 1.85. The minimum Gasteiger partial charge on any atom is -0.481 e. The Labute approximate surface area is 105 Å². The number of carbonyl (C=O) groups is 1. The molecule has 2 rings (SSSR count). The Morgan fingerprint density at radius 3 is 2.68 bits per heavy atom. The van der Waals surface area contributed by atoms with Crippen molar-refractivity contribution in [3.8, 4) is 0 Å². The van der Waals surface area contributed by atoms with Crippen molar-refractivity contribution in [3.63, 3.8) is 0 Å². The first-order valence-electron chi connectivity index (χ1n) is 5.46. The molecular weight excluding hydrogens is 256 g/mol. The van der Waals surface area contributed by atoms with E-state index in [4.69, 9.17) is 5.11 Å². The lowest BCUT2D eigenvalue weighted by Gasteiger charge is -2.04. The highest BCUT2D eigenvalue weighted by Gasteiger charge is 2.17. The normalized spacial score (nSPS) is 11.1. The number of nitrogens with one attached hydrogen (secondary N) is 1. The Morgan fingerprint density at radius 2 is 2.11 bits per heavy atom. The summed E-state index contributed by atoms with van der Waals surface area (Å²) in [5, 5.41) is 17.9. The SMILES string of the molecule is Cn1c(=O)[nH]c(=O)c2c1nc(CO)n2CCC(=O)O. The zero-order valence-electron chi connectivity index (χ0n) is 10.1. The molecule has 0 aliphatic rings. The molecule has 0 amide bonds. The van der Waals surface area contributed by atoms with Crippen molar-refractivity contribution in [2.24, 2.45) is 7.05 Å². The molecule has 3 N–H and O–H groups in total. The smallest absolute Gasteiger partial charge is 0.329 e. The summed E-state index contributed by atoms with van der Waals surface area (Å²) in [6.07, 6.45) is -0.221. The van der Waals surface area contributed by atoms with Gasteiger partial charge in [-0.25, -0.2) is 9.78 Å². The van der Waals surface area contributed by atoms with Gasteiger partial charge in [0.15, 0.2) is 11.2 Å². The molecule has 0 aromatic carbocycles. The first-order chi connectivity index (χ1) is 8.95. The number of carboxylic acid groups (broad SMARTS) is 1. The summed E-state index contributed by atoms with van der Waals surface area (Å²) in [6.45, 7) is -0.467. The van der Waals surface area contributed by atoms with Crippen LogP contribution in [0.25, 0.3) is 11.2 Å². The summed E-state index contributed by atoms with van der Waals surface area (Å²) in [4.78, 5) is 39.9. The monoisotopic (exact) mass is 268 g/mol. The molecule has 2 aromatic rings. The maximum absolute atomic E-state index is 11.8. The average Bonchev–Trinajstić information content (AvgIpc) is 2.72. The third kappa shape index (κ3) is 2.15. The van der Waals surface area contributed by atoms with Crippen LogP contribution in [0.4, 0.5) is 0 Å². The Kier molecular flexibility index (Phi) is 3.21. The van der Waals surface area contributed by atoms with Gasteiger partial charge < -0.3 is 14.8 Å². The van der Waals surface area contributed by atoms with E-state index in [1.54, 1.807) is 0 Å². The molecule has 0 atom stereocenters. The topological polar surface area (TPSA) is 130 Å². The Hall–Kier alpha value is -2.42. The van der Waals surface area contributed by atoms with Crippen LogP contribution in [0.2, 0.25) is 0 Å². The Bertz CT molecular complexity index is 754. The van der Waals surface area contributed by atoms with Crippen LogP contribution in [0.1, 0.15) is 12.2 Å². The predicted octanol–water partition coefficient (Wildman–Crippen LogP) is -1.61. The van der Waals surface area contributed by atoms with Crippen LogP contribution >= 0.6 is 0 Å². The number of aliphatic hydroxyl groups excluding tert-OH is 1. The van der Waals surface area contributed by atoms with Crippen LogP contribution in [0.5, 0.6) is 0 Å². The third-order valence-electron chi connectivity index (χ3n) is 2.78. The quantitative estimate of drug-likeness (QED) is 0.611. The average molecular weight is 268 g/mol. The fraction of sp³-hybridized carbons (Fsp3) is 0.400. The van der Waals surface area contributed by atoms with Crippen molar-refractivity contribution in [1.29, 1.82) is 0 Å². The van der Waals surface area contributed by atoms with Crippen molar-refractivity contribution in [2.45, 2.75) is 19.6 Å². The van der Waals surface area contributed by atoms with E-state index in [9.17, 15) is 19.5 Å². The van der Waals surface area contributed by atoms with Gasteiger partial charge in [-0.3, -0.25) is 19.1 Å². The number of hydrogen-bond donors (Lipinski definition) is 3. The predicted molar refractivity (Wildman–Crippen MR) is 63.8 cm³/mol. The highest BCUT2D eigenvalue weighted by Crippen LogP contribution is 2.11. The van der Waals surface area contributed by atoms with Gasteiger partial charge in [0.25, 0.3) is 5.56 Å². The van der Waals surface area contributed by atoms with Crippen molar-refractivity contribution in [1.82, 2.24) is 19.1 Å². The minimum absolute atomic E-state index is 0.0109. The molecule has 9 nitrogen and oxygen atoms in total. The molecule has 0 saturated carbocycles. The number of rotatable bonds is 4. The van der Waals surface area contributed by atoms with E-state index < -0.39 is 23.8 Å². The molecule has 0 bridgehead atoms. The fourth-order valence-corrected chi connectivity index (χ4v) is 1.85. The molecule has 0 fully saturated rings. The Balaban J connectivity index is 2.74. The van der Waals surface area contributed by atoms with Crippen molar-refractivity contribution in [2.75, 3.05) is 0 Å². The van der Waals surface area contributed by atoms with Gasteiger partial charge in [-0.15, -0.1) is 0 Å². The molecule has 0 aliphatic heterocycles. The second-order valence-electron chi connectivity index (χ2n) is 3.97. The summed E-state index contributed by atoms with van der Waals surface area (Å²) >= 11 is 0. The first kappa shape index (κ1) is 13.0. The van der Waals surface area contributed by atoms with Gasteiger partial charge in [-0.05, 0) is 0 Å². The molecular formula is C10H12N4O5.